The lowest BCUT2D eigenvalue weighted by Gasteiger charge is -2.21. The SMILES string of the molecule is COCCC(C(=O)Nc1ccc(C(N)=O)c(F)c1)n1cc(OC)c(-c2cc(Cl)ccc2-c2nnc(C(F)(F)F)o2)cc1=O. The molecule has 2 amide bonds. The molecular formula is C27H22ClF4N5O6. The van der Waals surface area contributed by atoms with Crippen LogP contribution in [0.25, 0.3) is 22.6 Å². The summed E-state index contributed by atoms with van der Waals surface area (Å²) in [5, 5.41) is 9.20. The molecule has 0 aliphatic rings. The molecular weight excluding hydrogens is 602 g/mol. The van der Waals surface area contributed by atoms with E-state index in [-0.39, 0.29) is 51.7 Å². The van der Waals surface area contributed by atoms with Crippen molar-refractivity contribution in [2.45, 2.75) is 18.6 Å². The first-order valence-electron chi connectivity index (χ1n) is 12.2. The molecule has 226 valence electrons. The van der Waals surface area contributed by atoms with E-state index in [2.05, 4.69) is 15.5 Å². The van der Waals surface area contributed by atoms with Gasteiger partial charge in [0.2, 0.25) is 11.8 Å². The fourth-order valence-electron chi connectivity index (χ4n) is 4.16. The van der Waals surface area contributed by atoms with Crippen LogP contribution in [-0.2, 0) is 15.7 Å². The molecule has 2 aromatic heterocycles. The molecule has 0 spiro atoms. The van der Waals surface area contributed by atoms with E-state index in [1.54, 1.807) is 0 Å². The molecule has 1 unspecified atom stereocenters. The topological polar surface area (TPSA) is 152 Å². The minimum Gasteiger partial charge on any atom is -0.495 e. The molecule has 0 radical (unpaired) electrons. The zero-order valence-electron chi connectivity index (χ0n) is 22.4. The predicted molar refractivity (Wildman–Crippen MR) is 145 cm³/mol. The first kappa shape index (κ1) is 31.2. The van der Waals surface area contributed by atoms with Gasteiger partial charge in [0.05, 0.1) is 18.9 Å². The van der Waals surface area contributed by atoms with Gasteiger partial charge >= 0.3 is 12.1 Å². The van der Waals surface area contributed by atoms with Gasteiger partial charge in [-0.15, -0.1) is 10.2 Å². The number of primary amides is 1. The number of rotatable bonds is 10. The van der Waals surface area contributed by atoms with Crippen LogP contribution >= 0.6 is 11.6 Å². The van der Waals surface area contributed by atoms with Crippen molar-refractivity contribution in [1.29, 1.82) is 0 Å². The Labute approximate surface area is 245 Å². The number of amides is 2. The third kappa shape index (κ3) is 6.84. The Balaban J connectivity index is 1.77. The van der Waals surface area contributed by atoms with E-state index in [4.69, 9.17) is 31.2 Å². The first-order valence-corrected chi connectivity index (χ1v) is 12.6. The van der Waals surface area contributed by atoms with Gasteiger partial charge in [-0.1, -0.05) is 11.6 Å². The highest BCUT2D eigenvalue weighted by Crippen LogP contribution is 2.39. The predicted octanol–water partition coefficient (Wildman–Crippen LogP) is 4.70. The third-order valence-corrected chi connectivity index (χ3v) is 6.40. The second-order valence-electron chi connectivity index (χ2n) is 8.95. The summed E-state index contributed by atoms with van der Waals surface area (Å²) < 4.78 is 70.0. The van der Waals surface area contributed by atoms with Crippen LogP contribution < -0.4 is 21.3 Å². The number of nitrogens with one attached hydrogen (secondary N) is 1. The van der Waals surface area contributed by atoms with Crippen molar-refractivity contribution >= 4 is 29.1 Å². The Hall–Kier alpha value is -4.76. The first-order chi connectivity index (χ1) is 20.3. The molecule has 0 aliphatic heterocycles. The number of halogens is 5. The normalized spacial score (nSPS) is 12.2. The number of carbonyl (C=O) groups is 2. The quantitative estimate of drug-likeness (QED) is 0.241. The molecule has 0 fully saturated rings. The largest absolute Gasteiger partial charge is 0.495 e. The molecule has 4 aromatic rings. The highest BCUT2D eigenvalue weighted by Gasteiger charge is 2.38. The van der Waals surface area contributed by atoms with Crippen LogP contribution in [0.15, 0.2) is 57.9 Å². The van der Waals surface area contributed by atoms with Crippen LogP contribution in [0.5, 0.6) is 5.75 Å². The van der Waals surface area contributed by atoms with Gasteiger partial charge < -0.3 is 24.9 Å². The Bertz CT molecular complexity index is 1740. The number of hydrogen-bond acceptors (Lipinski definition) is 8. The lowest BCUT2D eigenvalue weighted by molar-refractivity contribution is -0.157. The molecule has 0 aliphatic carbocycles. The van der Waals surface area contributed by atoms with Crippen molar-refractivity contribution in [2.24, 2.45) is 5.73 Å². The number of nitrogens with zero attached hydrogens (tertiary/aromatic N) is 3. The Morgan fingerprint density at radius 2 is 1.84 bits per heavy atom. The van der Waals surface area contributed by atoms with E-state index < -0.39 is 47.2 Å². The maximum absolute atomic E-state index is 14.3. The van der Waals surface area contributed by atoms with E-state index in [0.717, 1.165) is 22.8 Å². The van der Waals surface area contributed by atoms with Crippen molar-refractivity contribution in [3.63, 3.8) is 0 Å². The van der Waals surface area contributed by atoms with E-state index in [1.165, 1.54) is 44.7 Å². The molecule has 16 heteroatoms. The third-order valence-electron chi connectivity index (χ3n) is 6.17. The second kappa shape index (κ2) is 12.6. The minimum atomic E-state index is -4.89. The molecule has 3 N–H and O–H groups in total. The van der Waals surface area contributed by atoms with Crippen molar-refractivity contribution in [2.75, 3.05) is 26.1 Å². The number of ether oxygens (including phenoxy) is 2. The average Bonchev–Trinajstić information content (AvgIpc) is 3.44. The number of alkyl halides is 3. The summed E-state index contributed by atoms with van der Waals surface area (Å²) in [7, 11) is 2.67. The fourth-order valence-corrected chi connectivity index (χ4v) is 4.33. The van der Waals surface area contributed by atoms with E-state index in [0.29, 0.717) is 0 Å². The molecule has 2 aromatic carbocycles. The summed E-state index contributed by atoms with van der Waals surface area (Å²) in [6.07, 6.45) is -3.66. The number of aromatic nitrogens is 3. The van der Waals surface area contributed by atoms with Gasteiger partial charge in [-0.05, 0) is 42.0 Å². The fraction of sp³-hybridized carbons (Fsp3) is 0.222. The minimum absolute atomic E-state index is 0.00277. The van der Waals surface area contributed by atoms with Crippen LogP contribution in [0.1, 0.15) is 28.7 Å². The number of methoxy groups -OCH3 is 2. The van der Waals surface area contributed by atoms with E-state index in [1.807, 2.05) is 0 Å². The van der Waals surface area contributed by atoms with Crippen molar-refractivity contribution in [3.8, 4) is 28.3 Å². The molecule has 0 saturated heterocycles. The molecule has 11 nitrogen and oxygen atoms in total. The highest BCUT2D eigenvalue weighted by molar-refractivity contribution is 6.31. The lowest BCUT2D eigenvalue weighted by Crippen LogP contribution is -2.34. The number of carbonyl (C=O) groups excluding carboxylic acids is 2. The average molecular weight is 624 g/mol. The number of pyridine rings is 1. The van der Waals surface area contributed by atoms with Gasteiger partial charge in [-0.2, -0.15) is 13.2 Å². The Morgan fingerprint density at radius 3 is 2.44 bits per heavy atom. The van der Waals surface area contributed by atoms with Crippen LogP contribution in [-0.4, -0.2) is 47.4 Å². The monoisotopic (exact) mass is 623 g/mol. The standard InChI is InChI=1S/C27H22ClF4N5O6/c1-41-8-7-20(24(40)34-14-4-6-16(23(33)39)19(29)10-14)37-12-21(42-2)18(11-22(37)38)17-9-13(28)3-5-15(17)25-35-36-26(43-25)27(30,31)32/h3-6,9-12,20H,7-8H2,1-2H3,(H2,33,39)(H,34,40). The Kier molecular flexibility index (Phi) is 9.16. The molecule has 1 atom stereocenters. The highest BCUT2D eigenvalue weighted by atomic mass is 35.5. The van der Waals surface area contributed by atoms with E-state index >= 15 is 0 Å². The van der Waals surface area contributed by atoms with Gasteiger partial charge in [0, 0.05) is 48.0 Å². The van der Waals surface area contributed by atoms with Gasteiger partial charge in [-0.3, -0.25) is 19.0 Å². The van der Waals surface area contributed by atoms with E-state index in [9.17, 15) is 31.9 Å². The van der Waals surface area contributed by atoms with Crippen LogP contribution in [0.3, 0.4) is 0 Å². The van der Waals surface area contributed by atoms with Crippen LogP contribution in [0.4, 0.5) is 23.2 Å². The van der Waals surface area contributed by atoms with Crippen LogP contribution in [0, 0.1) is 5.82 Å². The Morgan fingerprint density at radius 1 is 1.09 bits per heavy atom. The summed E-state index contributed by atoms with van der Waals surface area (Å²) in [5.74, 6) is -4.70. The number of hydrogen-bond donors (Lipinski definition) is 2. The zero-order valence-corrected chi connectivity index (χ0v) is 23.1. The van der Waals surface area contributed by atoms with Gasteiger partial charge in [-0.25, -0.2) is 4.39 Å². The summed E-state index contributed by atoms with van der Waals surface area (Å²) in [4.78, 5) is 38.1. The van der Waals surface area contributed by atoms with Gasteiger partial charge in [0.1, 0.15) is 17.6 Å². The lowest BCUT2D eigenvalue weighted by atomic mass is 9.99. The van der Waals surface area contributed by atoms with Crippen LogP contribution in [0.2, 0.25) is 5.02 Å². The zero-order chi connectivity index (χ0) is 31.5. The molecule has 2 heterocycles. The molecule has 0 bridgehead atoms. The van der Waals surface area contributed by atoms with Gasteiger partial charge in [0.15, 0.2) is 0 Å². The molecule has 43 heavy (non-hydrogen) atoms. The number of benzene rings is 2. The summed E-state index contributed by atoms with van der Waals surface area (Å²) in [5.41, 5.74) is 4.28. The van der Waals surface area contributed by atoms with Crippen molar-refractivity contribution < 1.29 is 41.0 Å². The van der Waals surface area contributed by atoms with Crippen molar-refractivity contribution in [1.82, 2.24) is 14.8 Å². The van der Waals surface area contributed by atoms with Crippen molar-refractivity contribution in [3.05, 3.63) is 81.3 Å². The second-order valence-corrected chi connectivity index (χ2v) is 9.38. The van der Waals surface area contributed by atoms with Gasteiger partial charge in [0.25, 0.3) is 11.5 Å². The summed E-state index contributed by atoms with van der Waals surface area (Å²) in [6, 6.07) is 7.27. The maximum atomic E-state index is 14.3. The number of nitrogens with two attached hydrogens (primary N) is 1. The molecule has 0 saturated carbocycles. The number of anilines is 1. The smallest absolute Gasteiger partial charge is 0.470 e. The summed E-state index contributed by atoms with van der Waals surface area (Å²) in [6.45, 7) is 0.0424. The molecule has 4 rings (SSSR count). The summed E-state index contributed by atoms with van der Waals surface area (Å²) >= 11 is 6.17. The maximum Gasteiger partial charge on any atom is 0.470 e.